The average molecular weight is 181 g/mol. The van der Waals surface area contributed by atoms with E-state index in [2.05, 4.69) is 5.32 Å². The SMILES string of the molecule is O=C(O)[C@@H]1CC[C@H](c2ccco2)N1. The van der Waals surface area contributed by atoms with Crippen molar-refractivity contribution in [3.05, 3.63) is 24.2 Å². The molecule has 2 N–H and O–H groups in total. The van der Waals surface area contributed by atoms with E-state index in [1.807, 2.05) is 12.1 Å². The van der Waals surface area contributed by atoms with Crippen molar-refractivity contribution in [3.8, 4) is 0 Å². The molecular formula is C9H11NO3. The lowest BCUT2D eigenvalue weighted by atomic mass is 10.1. The van der Waals surface area contributed by atoms with Gasteiger partial charge >= 0.3 is 5.97 Å². The number of hydrogen-bond acceptors (Lipinski definition) is 3. The third-order valence-corrected chi connectivity index (χ3v) is 2.33. The van der Waals surface area contributed by atoms with Crippen molar-refractivity contribution >= 4 is 5.97 Å². The van der Waals surface area contributed by atoms with Crippen molar-refractivity contribution in [2.24, 2.45) is 0 Å². The van der Waals surface area contributed by atoms with Gasteiger partial charge in [0.05, 0.1) is 12.3 Å². The Morgan fingerprint density at radius 3 is 3.00 bits per heavy atom. The summed E-state index contributed by atoms with van der Waals surface area (Å²) in [5, 5.41) is 11.7. The van der Waals surface area contributed by atoms with Gasteiger partial charge in [-0.3, -0.25) is 10.1 Å². The lowest BCUT2D eigenvalue weighted by molar-refractivity contribution is -0.139. The van der Waals surface area contributed by atoms with E-state index in [-0.39, 0.29) is 6.04 Å². The Hall–Kier alpha value is -1.29. The molecule has 0 aromatic carbocycles. The molecule has 1 saturated heterocycles. The van der Waals surface area contributed by atoms with E-state index < -0.39 is 12.0 Å². The van der Waals surface area contributed by atoms with Crippen molar-refractivity contribution in [3.63, 3.8) is 0 Å². The molecule has 1 aromatic rings. The summed E-state index contributed by atoms with van der Waals surface area (Å²) in [4.78, 5) is 10.6. The van der Waals surface area contributed by atoms with Crippen molar-refractivity contribution in [1.29, 1.82) is 0 Å². The molecular weight excluding hydrogens is 170 g/mol. The second-order valence-electron chi connectivity index (χ2n) is 3.20. The molecule has 0 bridgehead atoms. The summed E-state index contributed by atoms with van der Waals surface area (Å²) >= 11 is 0. The van der Waals surface area contributed by atoms with Gasteiger partial charge in [0, 0.05) is 0 Å². The fourth-order valence-corrected chi connectivity index (χ4v) is 1.65. The molecule has 70 valence electrons. The van der Waals surface area contributed by atoms with Gasteiger partial charge in [0.15, 0.2) is 0 Å². The van der Waals surface area contributed by atoms with Gasteiger partial charge in [0.25, 0.3) is 0 Å². The van der Waals surface area contributed by atoms with Crippen LogP contribution < -0.4 is 5.32 Å². The first-order chi connectivity index (χ1) is 6.27. The van der Waals surface area contributed by atoms with Crippen LogP contribution in [0.15, 0.2) is 22.8 Å². The summed E-state index contributed by atoms with van der Waals surface area (Å²) in [6, 6.07) is 3.32. The van der Waals surface area contributed by atoms with Crippen LogP contribution in [0, 0.1) is 0 Å². The molecule has 0 amide bonds. The van der Waals surface area contributed by atoms with Gasteiger partial charge in [-0.1, -0.05) is 0 Å². The first-order valence-electron chi connectivity index (χ1n) is 4.29. The number of carboxylic acid groups (broad SMARTS) is 1. The summed E-state index contributed by atoms with van der Waals surface area (Å²) in [7, 11) is 0. The highest BCUT2D eigenvalue weighted by molar-refractivity contribution is 5.73. The molecule has 0 aliphatic carbocycles. The fourth-order valence-electron chi connectivity index (χ4n) is 1.65. The van der Waals surface area contributed by atoms with Crippen LogP contribution in [0.25, 0.3) is 0 Å². The zero-order chi connectivity index (χ0) is 9.26. The molecule has 1 aliphatic heterocycles. The molecule has 4 nitrogen and oxygen atoms in total. The molecule has 2 heterocycles. The minimum absolute atomic E-state index is 0.0658. The number of aliphatic carboxylic acids is 1. The van der Waals surface area contributed by atoms with Crippen LogP contribution in [0.2, 0.25) is 0 Å². The molecule has 4 heteroatoms. The summed E-state index contributed by atoms with van der Waals surface area (Å²) in [5.74, 6) is 0.0396. The van der Waals surface area contributed by atoms with Crippen LogP contribution in [-0.2, 0) is 4.79 Å². The molecule has 2 rings (SSSR count). The lowest BCUT2D eigenvalue weighted by Gasteiger charge is -2.08. The first kappa shape index (κ1) is 8.31. The van der Waals surface area contributed by atoms with Crippen LogP contribution in [0.4, 0.5) is 0 Å². The molecule has 0 radical (unpaired) electrons. The van der Waals surface area contributed by atoms with E-state index in [4.69, 9.17) is 9.52 Å². The molecule has 1 aliphatic rings. The van der Waals surface area contributed by atoms with Crippen LogP contribution in [0.3, 0.4) is 0 Å². The molecule has 1 aromatic heterocycles. The summed E-state index contributed by atoms with van der Waals surface area (Å²) in [5.41, 5.74) is 0. The normalized spacial score (nSPS) is 27.7. The van der Waals surface area contributed by atoms with Crippen molar-refractivity contribution in [1.82, 2.24) is 5.32 Å². The van der Waals surface area contributed by atoms with Gasteiger partial charge in [-0.05, 0) is 25.0 Å². The maximum absolute atomic E-state index is 10.6. The third kappa shape index (κ3) is 1.58. The standard InChI is InChI=1S/C9H11NO3/c11-9(12)7-4-3-6(10-7)8-2-1-5-13-8/h1-2,5-7,10H,3-4H2,(H,11,12)/t6-,7+/m1/s1. The molecule has 13 heavy (non-hydrogen) atoms. The minimum Gasteiger partial charge on any atom is -0.480 e. The molecule has 0 unspecified atom stereocenters. The number of furan rings is 1. The van der Waals surface area contributed by atoms with Crippen LogP contribution >= 0.6 is 0 Å². The Labute approximate surface area is 75.6 Å². The number of carbonyl (C=O) groups is 1. The number of nitrogens with one attached hydrogen (secondary N) is 1. The van der Waals surface area contributed by atoms with Crippen LogP contribution in [-0.4, -0.2) is 17.1 Å². The van der Waals surface area contributed by atoms with Crippen LogP contribution in [0.1, 0.15) is 24.6 Å². The van der Waals surface area contributed by atoms with Crippen molar-refractivity contribution in [2.45, 2.75) is 24.9 Å². The number of hydrogen-bond donors (Lipinski definition) is 2. The monoisotopic (exact) mass is 181 g/mol. The van der Waals surface area contributed by atoms with E-state index in [0.717, 1.165) is 12.2 Å². The highest BCUT2D eigenvalue weighted by Gasteiger charge is 2.30. The second-order valence-corrected chi connectivity index (χ2v) is 3.20. The van der Waals surface area contributed by atoms with Gasteiger partial charge in [-0.15, -0.1) is 0 Å². The summed E-state index contributed by atoms with van der Waals surface area (Å²) in [6.45, 7) is 0. The van der Waals surface area contributed by atoms with Gasteiger partial charge in [-0.25, -0.2) is 0 Å². The lowest BCUT2D eigenvalue weighted by Crippen LogP contribution is -2.31. The van der Waals surface area contributed by atoms with E-state index in [9.17, 15) is 4.79 Å². The highest BCUT2D eigenvalue weighted by atomic mass is 16.4. The molecule has 2 atom stereocenters. The predicted molar refractivity (Wildman–Crippen MR) is 45.2 cm³/mol. The van der Waals surface area contributed by atoms with E-state index in [1.54, 1.807) is 6.26 Å². The van der Waals surface area contributed by atoms with E-state index in [0.29, 0.717) is 6.42 Å². The number of carboxylic acids is 1. The van der Waals surface area contributed by atoms with Crippen molar-refractivity contribution in [2.75, 3.05) is 0 Å². The fraction of sp³-hybridized carbons (Fsp3) is 0.444. The van der Waals surface area contributed by atoms with Gasteiger partial charge in [0.1, 0.15) is 11.8 Å². The van der Waals surface area contributed by atoms with E-state index >= 15 is 0 Å². The zero-order valence-corrected chi connectivity index (χ0v) is 7.06. The predicted octanol–water partition coefficient (Wildman–Crippen LogP) is 1.16. The maximum Gasteiger partial charge on any atom is 0.320 e. The Bertz CT molecular complexity index is 294. The molecule has 0 saturated carbocycles. The smallest absolute Gasteiger partial charge is 0.320 e. The van der Waals surface area contributed by atoms with Gasteiger partial charge in [-0.2, -0.15) is 0 Å². The Morgan fingerprint density at radius 2 is 2.46 bits per heavy atom. The Balaban J connectivity index is 2.03. The topological polar surface area (TPSA) is 62.5 Å². The highest BCUT2D eigenvalue weighted by Crippen LogP contribution is 2.26. The average Bonchev–Trinajstić information content (AvgIpc) is 2.75. The summed E-state index contributed by atoms with van der Waals surface area (Å²) in [6.07, 6.45) is 3.09. The summed E-state index contributed by atoms with van der Waals surface area (Å²) < 4.78 is 5.19. The van der Waals surface area contributed by atoms with Crippen molar-refractivity contribution < 1.29 is 14.3 Å². The van der Waals surface area contributed by atoms with Gasteiger partial charge < -0.3 is 9.52 Å². The minimum atomic E-state index is -0.783. The quantitative estimate of drug-likeness (QED) is 0.718. The largest absolute Gasteiger partial charge is 0.480 e. The number of rotatable bonds is 2. The molecule has 0 spiro atoms. The Kier molecular flexibility index (Phi) is 2.06. The van der Waals surface area contributed by atoms with Gasteiger partial charge in [0.2, 0.25) is 0 Å². The third-order valence-electron chi connectivity index (χ3n) is 2.33. The maximum atomic E-state index is 10.6. The molecule has 1 fully saturated rings. The van der Waals surface area contributed by atoms with E-state index in [1.165, 1.54) is 0 Å². The second kappa shape index (κ2) is 3.22. The Morgan fingerprint density at radius 1 is 1.62 bits per heavy atom. The first-order valence-corrected chi connectivity index (χ1v) is 4.29. The zero-order valence-electron chi connectivity index (χ0n) is 7.06. The van der Waals surface area contributed by atoms with Crippen LogP contribution in [0.5, 0.6) is 0 Å².